The summed E-state index contributed by atoms with van der Waals surface area (Å²) in [6.07, 6.45) is 6.50. The van der Waals surface area contributed by atoms with Gasteiger partial charge in [0.1, 0.15) is 6.10 Å². The summed E-state index contributed by atoms with van der Waals surface area (Å²) in [7, 11) is 0. The highest BCUT2D eigenvalue weighted by molar-refractivity contribution is 6.31. The van der Waals surface area contributed by atoms with Crippen LogP contribution in [0.5, 0.6) is 0 Å². The number of benzene rings is 1. The fourth-order valence-electron chi connectivity index (χ4n) is 5.20. The van der Waals surface area contributed by atoms with Gasteiger partial charge in [-0.1, -0.05) is 23.7 Å². The molecule has 31 heavy (non-hydrogen) atoms. The van der Waals surface area contributed by atoms with Gasteiger partial charge in [0.25, 0.3) is 5.91 Å². The van der Waals surface area contributed by atoms with Crippen molar-refractivity contribution in [1.29, 1.82) is 0 Å². The number of aryl methyl sites for hydroxylation is 1. The van der Waals surface area contributed by atoms with E-state index >= 15 is 0 Å². The van der Waals surface area contributed by atoms with Crippen LogP contribution in [-0.2, 0) is 9.53 Å². The maximum Gasteiger partial charge on any atom is 0.318 e. The van der Waals surface area contributed by atoms with E-state index in [9.17, 15) is 9.59 Å². The zero-order valence-electron chi connectivity index (χ0n) is 18.2. The molecule has 1 aromatic rings. The van der Waals surface area contributed by atoms with Gasteiger partial charge in [-0.05, 0) is 69.1 Å². The summed E-state index contributed by atoms with van der Waals surface area (Å²) in [5.41, 5.74) is 2.32. The van der Waals surface area contributed by atoms with Crippen LogP contribution in [0.1, 0.15) is 62.0 Å². The molecule has 168 valence electrons. The van der Waals surface area contributed by atoms with E-state index in [0.29, 0.717) is 25.1 Å². The van der Waals surface area contributed by atoms with Crippen LogP contribution in [0, 0.1) is 6.92 Å². The highest BCUT2D eigenvalue weighted by Crippen LogP contribution is 2.42. The number of rotatable bonds is 5. The third kappa shape index (κ3) is 4.56. The largest absolute Gasteiger partial charge is 0.368 e. The number of nitrogens with zero attached hydrogens (tertiary/aromatic N) is 2. The van der Waals surface area contributed by atoms with Gasteiger partial charge in [-0.2, -0.15) is 0 Å². The summed E-state index contributed by atoms with van der Waals surface area (Å²) in [4.78, 5) is 30.1. The highest BCUT2D eigenvalue weighted by Gasteiger charge is 2.45. The number of halogens is 1. The zero-order valence-corrected chi connectivity index (χ0v) is 18.9. The van der Waals surface area contributed by atoms with E-state index in [-0.39, 0.29) is 30.1 Å². The number of carbonyl (C=O) groups is 2. The minimum absolute atomic E-state index is 0.0390. The van der Waals surface area contributed by atoms with Crippen LogP contribution in [0.4, 0.5) is 4.79 Å². The Bertz CT molecular complexity index is 852. The predicted molar refractivity (Wildman–Crippen MR) is 119 cm³/mol. The van der Waals surface area contributed by atoms with E-state index in [1.165, 1.54) is 5.56 Å². The van der Waals surface area contributed by atoms with E-state index in [0.717, 1.165) is 62.1 Å². The molecule has 2 saturated heterocycles. The number of hydrogen-bond acceptors (Lipinski definition) is 3. The van der Waals surface area contributed by atoms with E-state index in [1.54, 1.807) is 0 Å². The van der Waals surface area contributed by atoms with Gasteiger partial charge in [-0.15, -0.1) is 0 Å². The molecule has 4 atom stereocenters. The van der Waals surface area contributed by atoms with Gasteiger partial charge in [0.05, 0.1) is 6.04 Å². The molecule has 1 N–H and O–H groups in total. The molecule has 4 fully saturated rings. The van der Waals surface area contributed by atoms with E-state index in [4.69, 9.17) is 16.3 Å². The monoisotopic (exact) mass is 445 g/mol. The van der Waals surface area contributed by atoms with Crippen LogP contribution < -0.4 is 5.32 Å². The minimum Gasteiger partial charge on any atom is -0.368 e. The van der Waals surface area contributed by atoms with Crippen molar-refractivity contribution in [3.8, 4) is 0 Å². The predicted octanol–water partition coefficient (Wildman–Crippen LogP) is 3.85. The van der Waals surface area contributed by atoms with Crippen LogP contribution in [0.15, 0.2) is 18.2 Å². The number of likely N-dealkylation sites (tertiary alicyclic amines) is 1. The first-order valence-electron chi connectivity index (χ1n) is 11.8. The molecule has 0 aromatic heterocycles. The van der Waals surface area contributed by atoms with E-state index in [1.807, 2.05) is 17.9 Å². The Hall–Kier alpha value is -1.79. The highest BCUT2D eigenvalue weighted by atomic mass is 35.5. The van der Waals surface area contributed by atoms with E-state index in [2.05, 4.69) is 22.3 Å². The van der Waals surface area contributed by atoms with Crippen molar-refractivity contribution in [3.05, 3.63) is 34.3 Å². The average Bonchev–Trinajstić information content (AvgIpc) is 3.68. The van der Waals surface area contributed by atoms with Crippen LogP contribution in [-0.4, -0.2) is 65.7 Å². The molecule has 2 aliphatic heterocycles. The van der Waals surface area contributed by atoms with Crippen molar-refractivity contribution in [1.82, 2.24) is 15.1 Å². The molecule has 6 nitrogen and oxygen atoms in total. The summed E-state index contributed by atoms with van der Waals surface area (Å²) >= 11 is 6.16. The molecule has 0 spiro atoms. The molecule has 3 amide bonds. The molecule has 2 heterocycles. The zero-order chi connectivity index (χ0) is 21.5. The smallest absolute Gasteiger partial charge is 0.318 e. The topological polar surface area (TPSA) is 61.9 Å². The SMILES string of the molecule is Cc1cc([C@H]2C[C@@H]2NC(=O)N(C2CC2)[C@@H]2CCCN(C(=O)[C@@H]3CCCO3)C2)ccc1Cl. The van der Waals surface area contributed by atoms with Gasteiger partial charge in [0.15, 0.2) is 0 Å². The maximum absolute atomic E-state index is 13.3. The van der Waals surface area contributed by atoms with Crippen molar-refractivity contribution in [3.63, 3.8) is 0 Å². The number of carbonyl (C=O) groups excluding carboxylic acids is 2. The first-order chi connectivity index (χ1) is 15.0. The van der Waals surface area contributed by atoms with Crippen molar-refractivity contribution in [2.45, 2.75) is 82.0 Å². The number of hydrogen-bond donors (Lipinski definition) is 1. The van der Waals surface area contributed by atoms with Crippen LogP contribution >= 0.6 is 11.6 Å². The fourth-order valence-corrected chi connectivity index (χ4v) is 5.31. The summed E-state index contributed by atoms with van der Waals surface area (Å²) in [5.74, 6) is 0.476. The van der Waals surface area contributed by atoms with Crippen LogP contribution in [0.25, 0.3) is 0 Å². The van der Waals surface area contributed by atoms with Gasteiger partial charge in [-0.3, -0.25) is 4.79 Å². The molecule has 0 bridgehead atoms. The normalized spacial score (nSPS) is 30.2. The third-order valence-electron chi connectivity index (χ3n) is 7.19. The lowest BCUT2D eigenvalue weighted by Gasteiger charge is -2.40. The lowest BCUT2D eigenvalue weighted by Crippen LogP contribution is -2.56. The molecule has 2 saturated carbocycles. The summed E-state index contributed by atoms with van der Waals surface area (Å²) in [6.45, 7) is 4.10. The quantitative estimate of drug-likeness (QED) is 0.748. The van der Waals surface area contributed by atoms with Gasteiger partial charge in [0, 0.05) is 42.7 Å². The van der Waals surface area contributed by atoms with Crippen LogP contribution in [0.2, 0.25) is 5.02 Å². The molecule has 0 unspecified atom stereocenters. The molecule has 2 aliphatic carbocycles. The van der Waals surface area contributed by atoms with Crippen molar-refractivity contribution in [2.75, 3.05) is 19.7 Å². The maximum atomic E-state index is 13.3. The Kier molecular flexibility index (Phi) is 5.86. The van der Waals surface area contributed by atoms with Crippen LogP contribution in [0.3, 0.4) is 0 Å². The minimum atomic E-state index is -0.281. The summed E-state index contributed by atoms with van der Waals surface area (Å²) < 4.78 is 5.61. The lowest BCUT2D eigenvalue weighted by molar-refractivity contribution is -0.142. The Balaban J connectivity index is 1.21. The molecule has 5 rings (SSSR count). The number of ether oxygens (including phenoxy) is 1. The summed E-state index contributed by atoms with van der Waals surface area (Å²) in [5, 5.41) is 4.06. The number of urea groups is 1. The first-order valence-corrected chi connectivity index (χ1v) is 12.1. The Morgan fingerprint density at radius 2 is 2.00 bits per heavy atom. The van der Waals surface area contributed by atoms with Gasteiger partial charge in [0.2, 0.25) is 0 Å². The first kappa shape index (κ1) is 21.1. The number of nitrogens with one attached hydrogen (secondary N) is 1. The van der Waals surface area contributed by atoms with Crippen molar-refractivity contribution in [2.24, 2.45) is 0 Å². The number of piperidine rings is 1. The Morgan fingerprint density at radius 3 is 2.71 bits per heavy atom. The second kappa shape index (κ2) is 8.62. The third-order valence-corrected chi connectivity index (χ3v) is 7.62. The van der Waals surface area contributed by atoms with E-state index < -0.39 is 0 Å². The summed E-state index contributed by atoms with van der Waals surface area (Å²) in [6, 6.07) is 6.79. The van der Waals surface area contributed by atoms with Gasteiger partial charge >= 0.3 is 6.03 Å². The Labute approximate surface area is 189 Å². The van der Waals surface area contributed by atoms with Crippen molar-refractivity contribution < 1.29 is 14.3 Å². The molecular formula is C24H32ClN3O3. The second-order valence-corrected chi connectivity index (χ2v) is 10.0. The second-order valence-electron chi connectivity index (χ2n) is 9.63. The van der Waals surface area contributed by atoms with Gasteiger partial charge in [-0.25, -0.2) is 4.79 Å². The molecule has 1 aromatic carbocycles. The van der Waals surface area contributed by atoms with Crippen molar-refractivity contribution >= 4 is 23.5 Å². The molecule has 7 heteroatoms. The lowest BCUT2D eigenvalue weighted by atomic mass is 10.0. The number of amides is 3. The Morgan fingerprint density at radius 1 is 1.16 bits per heavy atom. The van der Waals surface area contributed by atoms with Gasteiger partial charge < -0.3 is 19.9 Å². The fraction of sp³-hybridized carbons (Fsp3) is 0.667. The average molecular weight is 446 g/mol. The standard InChI is InChI=1S/C24H32ClN3O3/c1-15-12-16(6-9-20(15)25)19-13-21(19)26-24(30)28(17-7-8-17)18-4-2-10-27(14-18)23(29)22-5-3-11-31-22/h6,9,12,17-19,21-22H,2-5,7-8,10-11,13-14H2,1H3,(H,26,30)/t18-,19-,21+,22+/m1/s1. The molecule has 4 aliphatic rings. The molecule has 0 radical (unpaired) electrons. The molecular weight excluding hydrogens is 414 g/mol.